The molecule has 146 valence electrons. The lowest BCUT2D eigenvalue weighted by molar-refractivity contribution is 0.0919. The molecule has 3 aromatic rings. The van der Waals surface area contributed by atoms with E-state index in [-0.39, 0.29) is 11.7 Å². The van der Waals surface area contributed by atoms with Crippen LogP contribution in [0.3, 0.4) is 0 Å². The van der Waals surface area contributed by atoms with Crippen molar-refractivity contribution < 1.29 is 4.79 Å². The van der Waals surface area contributed by atoms with Gasteiger partial charge in [-0.2, -0.15) is 10.4 Å². The van der Waals surface area contributed by atoms with Crippen molar-refractivity contribution in [2.75, 3.05) is 5.32 Å². The van der Waals surface area contributed by atoms with Gasteiger partial charge in [0.05, 0.1) is 23.6 Å². The van der Waals surface area contributed by atoms with Crippen LogP contribution in [0.4, 0.5) is 11.6 Å². The zero-order valence-electron chi connectivity index (χ0n) is 16.5. The molecule has 7 heteroatoms. The maximum absolute atomic E-state index is 12.5. The van der Waals surface area contributed by atoms with Gasteiger partial charge in [-0.3, -0.25) is 9.48 Å². The van der Waals surface area contributed by atoms with Gasteiger partial charge in [-0.25, -0.2) is 9.97 Å². The molecule has 1 saturated carbocycles. The first-order valence-corrected chi connectivity index (χ1v) is 9.64. The van der Waals surface area contributed by atoms with Gasteiger partial charge in [0.15, 0.2) is 5.78 Å². The van der Waals surface area contributed by atoms with Crippen LogP contribution in [-0.2, 0) is 7.05 Å². The highest BCUT2D eigenvalue weighted by molar-refractivity contribution is 5.96. The molecule has 1 fully saturated rings. The van der Waals surface area contributed by atoms with Crippen LogP contribution in [0.5, 0.6) is 0 Å². The predicted octanol–water partition coefficient (Wildman–Crippen LogP) is 4.05. The van der Waals surface area contributed by atoms with Crippen LogP contribution < -0.4 is 5.32 Å². The van der Waals surface area contributed by atoms with Gasteiger partial charge < -0.3 is 5.32 Å². The summed E-state index contributed by atoms with van der Waals surface area (Å²) in [5, 5.41) is 16.1. The Hall–Kier alpha value is -3.53. The summed E-state index contributed by atoms with van der Waals surface area (Å²) in [6.07, 6.45) is 7.54. The van der Waals surface area contributed by atoms with Gasteiger partial charge >= 0.3 is 0 Å². The molecule has 0 aliphatic heterocycles. The van der Waals surface area contributed by atoms with Gasteiger partial charge in [0, 0.05) is 42.9 Å². The van der Waals surface area contributed by atoms with E-state index in [1.54, 1.807) is 17.1 Å². The fraction of sp³-hybridized carbons (Fsp3) is 0.318. The zero-order valence-corrected chi connectivity index (χ0v) is 16.5. The number of aromatic nitrogens is 4. The number of benzene rings is 1. The molecular formula is C22H22N6O. The molecule has 1 aliphatic rings. The second-order valence-corrected chi connectivity index (χ2v) is 7.62. The van der Waals surface area contributed by atoms with E-state index in [0.29, 0.717) is 23.9 Å². The van der Waals surface area contributed by atoms with Crippen molar-refractivity contribution in [2.45, 2.75) is 26.2 Å². The van der Waals surface area contributed by atoms with Crippen molar-refractivity contribution in [1.29, 1.82) is 5.26 Å². The molecule has 1 aromatic carbocycles. The first-order valence-electron chi connectivity index (χ1n) is 9.64. The molecular weight excluding hydrogens is 364 g/mol. The summed E-state index contributed by atoms with van der Waals surface area (Å²) < 4.78 is 1.71. The summed E-state index contributed by atoms with van der Waals surface area (Å²) in [5.41, 5.74) is 4.23. The highest BCUT2D eigenvalue weighted by Gasteiger charge is 2.30. The average molecular weight is 386 g/mol. The number of carbonyl (C=O) groups excluding carboxylic acids is 1. The quantitative estimate of drug-likeness (QED) is 0.642. The monoisotopic (exact) mass is 386 g/mol. The zero-order chi connectivity index (χ0) is 20.4. The van der Waals surface area contributed by atoms with Crippen LogP contribution in [0.1, 0.15) is 35.2 Å². The fourth-order valence-corrected chi connectivity index (χ4v) is 3.61. The maximum Gasteiger partial charge on any atom is 0.227 e. The second kappa shape index (κ2) is 7.84. The minimum Gasteiger partial charge on any atom is -0.321 e. The molecule has 2 aromatic heterocycles. The smallest absolute Gasteiger partial charge is 0.227 e. The number of nitrogens with one attached hydrogen (secondary N) is 1. The Kier molecular flexibility index (Phi) is 5.09. The third kappa shape index (κ3) is 4.16. The van der Waals surface area contributed by atoms with Crippen LogP contribution in [-0.4, -0.2) is 25.5 Å². The van der Waals surface area contributed by atoms with E-state index in [2.05, 4.69) is 26.5 Å². The third-order valence-corrected chi connectivity index (χ3v) is 5.31. The van der Waals surface area contributed by atoms with Gasteiger partial charge in [-0.05, 0) is 31.2 Å². The van der Waals surface area contributed by atoms with E-state index in [1.165, 1.54) is 0 Å². The minimum absolute atomic E-state index is 0.130. The number of nitriles is 1. The summed E-state index contributed by atoms with van der Waals surface area (Å²) >= 11 is 0. The van der Waals surface area contributed by atoms with Crippen molar-refractivity contribution in [3.63, 3.8) is 0 Å². The number of carbonyl (C=O) groups is 1. The standard InChI is InChI=1S/C22H22N6O/c1-14-11-24-22(26-19-12-25-28(2)13-19)27-21(14)18-5-3-17(4-6-18)20(29)9-15-7-16(8-15)10-23/h3-6,11-13,15-16H,7-9H2,1-2H3,(H,24,26,27). The minimum atomic E-state index is 0.130. The van der Waals surface area contributed by atoms with Gasteiger partial charge in [-0.1, -0.05) is 24.3 Å². The van der Waals surface area contributed by atoms with Crippen molar-refractivity contribution >= 4 is 17.4 Å². The number of ketones is 1. The Bertz CT molecular complexity index is 1070. The lowest BCUT2D eigenvalue weighted by Crippen LogP contribution is -2.24. The molecule has 1 N–H and O–H groups in total. The van der Waals surface area contributed by atoms with Gasteiger partial charge in [-0.15, -0.1) is 0 Å². The molecule has 2 heterocycles. The molecule has 0 spiro atoms. The molecule has 0 amide bonds. The Balaban J connectivity index is 1.47. The maximum atomic E-state index is 12.5. The van der Waals surface area contributed by atoms with E-state index in [9.17, 15) is 4.79 Å². The third-order valence-electron chi connectivity index (χ3n) is 5.31. The molecule has 7 nitrogen and oxygen atoms in total. The van der Waals surface area contributed by atoms with Crippen LogP contribution in [0.25, 0.3) is 11.3 Å². The Morgan fingerprint density at radius 1 is 1.28 bits per heavy atom. The first kappa shape index (κ1) is 18.8. The molecule has 0 saturated heterocycles. The summed E-state index contributed by atoms with van der Waals surface area (Å²) in [7, 11) is 1.85. The van der Waals surface area contributed by atoms with Crippen LogP contribution >= 0.6 is 0 Å². The lowest BCUT2D eigenvalue weighted by atomic mass is 9.73. The molecule has 0 radical (unpaired) electrons. The molecule has 29 heavy (non-hydrogen) atoms. The summed E-state index contributed by atoms with van der Waals surface area (Å²) in [4.78, 5) is 21.5. The fourth-order valence-electron chi connectivity index (χ4n) is 3.61. The number of Topliss-reactive ketones (excluding diaryl/α,β-unsaturated/α-hetero) is 1. The molecule has 1 aliphatic carbocycles. The molecule has 0 bridgehead atoms. The van der Waals surface area contributed by atoms with Crippen LogP contribution in [0.15, 0.2) is 42.9 Å². The summed E-state index contributed by atoms with van der Waals surface area (Å²) in [6.45, 7) is 1.96. The van der Waals surface area contributed by atoms with Gasteiger partial charge in [0.25, 0.3) is 0 Å². The van der Waals surface area contributed by atoms with E-state index in [4.69, 9.17) is 5.26 Å². The number of anilines is 2. The van der Waals surface area contributed by atoms with E-state index in [1.807, 2.05) is 44.4 Å². The SMILES string of the molecule is Cc1cnc(Nc2cnn(C)c2)nc1-c1ccc(C(=O)CC2CC(C#N)C2)cc1. The largest absolute Gasteiger partial charge is 0.321 e. The van der Waals surface area contributed by atoms with E-state index < -0.39 is 0 Å². The lowest BCUT2D eigenvalue weighted by Gasteiger charge is -2.29. The van der Waals surface area contributed by atoms with Gasteiger partial charge in [0.1, 0.15) is 0 Å². The van der Waals surface area contributed by atoms with Crippen LogP contribution in [0, 0.1) is 30.1 Å². The Morgan fingerprint density at radius 3 is 2.69 bits per heavy atom. The predicted molar refractivity (Wildman–Crippen MR) is 109 cm³/mol. The van der Waals surface area contributed by atoms with Crippen molar-refractivity contribution in [3.8, 4) is 17.3 Å². The average Bonchev–Trinajstić information content (AvgIpc) is 3.10. The molecule has 4 rings (SSSR count). The second-order valence-electron chi connectivity index (χ2n) is 7.62. The van der Waals surface area contributed by atoms with E-state index >= 15 is 0 Å². The molecule has 0 unspecified atom stereocenters. The first-order chi connectivity index (χ1) is 14.0. The highest BCUT2D eigenvalue weighted by atomic mass is 16.1. The van der Waals surface area contributed by atoms with Crippen molar-refractivity contribution in [3.05, 3.63) is 54.0 Å². The number of nitrogens with zero attached hydrogens (tertiary/aromatic N) is 5. The number of hydrogen-bond donors (Lipinski definition) is 1. The Morgan fingerprint density at radius 2 is 2.03 bits per heavy atom. The van der Waals surface area contributed by atoms with E-state index in [0.717, 1.165) is 35.3 Å². The topological polar surface area (TPSA) is 96.5 Å². The normalized spacial score (nSPS) is 18.0. The van der Waals surface area contributed by atoms with Gasteiger partial charge in [0.2, 0.25) is 5.95 Å². The van der Waals surface area contributed by atoms with Crippen molar-refractivity contribution in [1.82, 2.24) is 19.7 Å². The number of aryl methyl sites for hydroxylation is 2. The summed E-state index contributed by atoms with van der Waals surface area (Å²) in [5.74, 6) is 1.11. The van der Waals surface area contributed by atoms with Crippen molar-refractivity contribution in [2.24, 2.45) is 18.9 Å². The number of hydrogen-bond acceptors (Lipinski definition) is 6. The summed E-state index contributed by atoms with van der Waals surface area (Å²) in [6, 6.07) is 9.82. The van der Waals surface area contributed by atoms with Crippen LogP contribution in [0.2, 0.25) is 0 Å². The number of rotatable bonds is 6. The highest BCUT2D eigenvalue weighted by Crippen LogP contribution is 2.36. The Labute approximate surface area is 169 Å². The molecule has 0 atom stereocenters.